The lowest BCUT2D eigenvalue weighted by molar-refractivity contribution is 0.0293. The Kier molecular flexibility index (Phi) is 13.9. The van der Waals surface area contributed by atoms with E-state index in [4.69, 9.17) is 23.1 Å². The average molecular weight is 764 g/mol. The first-order valence-corrected chi connectivity index (χ1v) is 20.5. The highest BCUT2D eigenvalue weighted by Gasteiger charge is 2.16. The molecule has 53 heavy (non-hydrogen) atoms. The van der Waals surface area contributed by atoms with Crippen LogP contribution in [0.5, 0.6) is 23.0 Å². The predicted molar refractivity (Wildman–Crippen MR) is 204 cm³/mol. The van der Waals surface area contributed by atoms with Crippen LogP contribution in [-0.4, -0.2) is 92.4 Å². The van der Waals surface area contributed by atoms with Gasteiger partial charge in [0.2, 0.25) is 0 Å². The van der Waals surface area contributed by atoms with Crippen molar-refractivity contribution in [2.45, 2.75) is 23.6 Å². The van der Waals surface area contributed by atoms with Crippen molar-refractivity contribution < 1.29 is 45.1 Å². The zero-order chi connectivity index (χ0) is 37.8. The summed E-state index contributed by atoms with van der Waals surface area (Å²) in [5.41, 5.74) is 2.53. The number of nitrogens with zero attached hydrogens (tertiary/aromatic N) is 1. The summed E-state index contributed by atoms with van der Waals surface area (Å²) in [4.78, 5) is 2.57. The summed E-state index contributed by atoms with van der Waals surface area (Å²) in [6.07, 6.45) is 1.18. The molecule has 5 aromatic rings. The Morgan fingerprint density at radius 2 is 1.28 bits per heavy atom. The maximum Gasteiger partial charge on any atom is 0.297 e. The van der Waals surface area contributed by atoms with Crippen molar-refractivity contribution in [3.8, 4) is 34.1 Å². The van der Waals surface area contributed by atoms with Crippen LogP contribution in [0.4, 0.5) is 0 Å². The Bertz CT molecular complexity index is 2160. The van der Waals surface area contributed by atoms with Gasteiger partial charge in [-0.05, 0) is 97.2 Å². The van der Waals surface area contributed by atoms with Gasteiger partial charge in [0.1, 0.15) is 29.6 Å². The summed E-state index contributed by atoms with van der Waals surface area (Å²) < 4.78 is 77.1. The molecule has 0 aromatic heterocycles. The Morgan fingerprint density at radius 1 is 0.660 bits per heavy atom. The van der Waals surface area contributed by atoms with E-state index in [2.05, 4.69) is 11.8 Å². The highest BCUT2D eigenvalue weighted by Crippen LogP contribution is 2.41. The van der Waals surface area contributed by atoms with Crippen LogP contribution in [0.2, 0.25) is 0 Å². The van der Waals surface area contributed by atoms with Gasteiger partial charge in [0.15, 0.2) is 9.84 Å². The van der Waals surface area contributed by atoms with Gasteiger partial charge in [-0.25, -0.2) is 8.42 Å². The minimum Gasteiger partial charge on any atom is -0.508 e. The summed E-state index contributed by atoms with van der Waals surface area (Å²) in [6, 6.07) is 29.3. The largest absolute Gasteiger partial charge is 0.508 e. The third-order valence-corrected chi connectivity index (χ3v) is 10.9. The monoisotopic (exact) mass is 763 g/mol. The Morgan fingerprint density at radius 3 is 1.96 bits per heavy atom. The number of phenolic OH excluding ortho intramolecular Hbond substituents is 1. The van der Waals surface area contributed by atoms with E-state index in [1.165, 1.54) is 18.4 Å². The van der Waals surface area contributed by atoms with Gasteiger partial charge in [-0.2, -0.15) is 8.42 Å². The minimum absolute atomic E-state index is 0.0712. The summed E-state index contributed by atoms with van der Waals surface area (Å²) in [5.74, 6) is 2.00. The maximum atomic E-state index is 12.2. The molecule has 0 saturated carbocycles. The number of phenols is 1. The molecule has 1 N–H and O–H groups in total. The molecule has 0 atom stereocenters. The third-order valence-electron chi connectivity index (χ3n) is 8.41. The number of sulfone groups is 1. The molecule has 282 valence electrons. The highest BCUT2D eigenvalue weighted by atomic mass is 32.2. The quantitative estimate of drug-likeness (QED) is 0.0658. The fourth-order valence-electron chi connectivity index (χ4n) is 5.44. The molecule has 13 heteroatoms. The fraction of sp³-hybridized carbons (Fsp3) is 0.300. The van der Waals surface area contributed by atoms with Crippen LogP contribution in [0.15, 0.2) is 113 Å². The van der Waals surface area contributed by atoms with E-state index in [9.17, 15) is 21.9 Å². The van der Waals surface area contributed by atoms with Crippen molar-refractivity contribution in [3.05, 3.63) is 109 Å². The summed E-state index contributed by atoms with van der Waals surface area (Å²) in [5, 5.41) is 11.6. The van der Waals surface area contributed by atoms with E-state index in [1.807, 2.05) is 43.3 Å². The van der Waals surface area contributed by atoms with E-state index < -0.39 is 20.0 Å². The topological polar surface area (TPSA) is 138 Å². The molecule has 5 aromatic carbocycles. The normalized spacial score (nSPS) is 12.0. The molecule has 0 aliphatic rings. The number of aromatic hydroxyl groups is 1. The molecule has 0 aliphatic carbocycles. The second kappa shape index (κ2) is 18.5. The van der Waals surface area contributed by atoms with E-state index in [0.717, 1.165) is 34.0 Å². The van der Waals surface area contributed by atoms with Crippen LogP contribution in [0.25, 0.3) is 21.9 Å². The van der Waals surface area contributed by atoms with Crippen LogP contribution in [0.3, 0.4) is 0 Å². The van der Waals surface area contributed by atoms with Crippen molar-refractivity contribution >= 4 is 30.7 Å². The van der Waals surface area contributed by atoms with Crippen molar-refractivity contribution in [1.82, 2.24) is 4.90 Å². The molecule has 11 nitrogen and oxygen atoms in total. The Hall–Kier alpha value is -4.50. The summed E-state index contributed by atoms with van der Waals surface area (Å²) in [6.45, 7) is 7.96. The number of fused-ring (bicyclic) bond motifs is 1. The Balaban J connectivity index is 1.05. The van der Waals surface area contributed by atoms with Gasteiger partial charge in [-0.15, -0.1) is 0 Å². The first-order valence-electron chi connectivity index (χ1n) is 17.2. The molecule has 0 saturated heterocycles. The SMILES string of the molecule is CCN(CCOCCOCCOS(=O)(=O)c1ccc(C)cc1)CCOc1ccc(Oc2c(-c3ccc(S(C)(=O)=O)cc3)ccc3cc(O)ccc23)cc1. The zero-order valence-corrected chi connectivity index (χ0v) is 31.7. The number of benzene rings is 5. The molecule has 0 amide bonds. The molecule has 0 heterocycles. The van der Waals surface area contributed by atoms with Crippen LogP contribution < -0.4 is 9.47 Å². The van der Waals surface area contributed by atoms with Gasteiger partial charge in [0, 0.05) is 30.3 Å². The van der Waals surface area contributed by atoms with Gasteiger partial charge >= 0.3 is 0 Å². The molecular weight excluding hydrogens is 719 g/mol. The molecule has 5 rings (SSSR count). The van der Waals surface area contributed by atoms with Crippen LogP contribution in [0.1, 0.15) is 12.5 Å². The number of hydrogen-bond donors (Lipinski definition) is 1. The fourth-order valence-corrected chi connectivity index (χ4v) is 6.96. The van der Waals surface area contributed by atoms with Crippen molar-refractivity contribution in [2.75, 3.05) is 65.5 Å². The molecule has 0 bridgehead atoms. The lowest BCUT2D eigenvalue weighted by Gasteiger charge is -2.20. The summed E-state index contributed by atoms with van der Waals surface area (Å²) in [7, 11) is -7.14. The molecular formula is C40H45NO10S2. The maximum absolute atomic E-state index is 12.2. The zero-order valence-electron chi connectivity index (χ0n) is 30.1. The van der Waals surface area contributed by atoms with Crippen molar-refractivity contribution in [1.29, 1.82) is 0 Å². The van der Waals surface area contributed by atoms with Crippen molar-refractivity contribution in [2.24, 2.45) is 0 Å². The number of likely N-dealkylation sites (N-methyl/N-ethyl adjacent to an activating group) is 1. The van der Waals surface area contributed by atoms with Gasteiger partial charge in [-0.3, -0.25) is 9.08 Å². The second-order valence-corrected chi connectivity index (χ2v) is 15.9. The van der Waals surface area contributed by atoms with Gasteiger partial charge in [0.05, 0.1) is 42.8 Å². The molecule has 0 spiro atoms. The minimum atomic E-state index is -3.81. The number of aryl methyl sites for hydroxylation is 1. The Labute approximate surface area is 311 Å². The summed E-state index contributed by atoms with van der Waals surface area (Å²) >= 11 is 0. The first kappa shape index (κ1) is 39.7. The van der Waals surface area contributed by atoms with Crippen LogP contribution in [-0.2, 0) is 33.6 Å². The standard InChI is InChI=1S/C40H45NO10S2/c1-4-41(21-23-47-25-26-48-27-28-50-53(45,46)37-15-5-30(2)6-16-37)22-24-49-34-11-13-35(14-12-34)51-40-38(19-9-32-29-33(42)10-20-39(32)40)31-7-17-36(18-8-31)52(3,43)44/h5-20,29,42H,4,21-28H2,1-3H3. The number of rotatable bonds is 20. The van der Waals surface area contributed by atoms with E-state index in [1.54, 1.807) is 54.6 Å². The van der Waals surface area contributed by atoms with E-state index in [-0.39, 0.29) is 28.8 Å². The third kappa shape index (κ3) is 11.5. The van der Waals surface area contributed by atoms with E-state index in [0.29, 0.717) is 56.8 Å². The molecule has 0 fully saturated rings. The molecule has 0 aliphatic heterocycles. The van der Waals surface area contributed by atoms with Crippen LogP contribution in [0, 0.1) is 6.92 Å². The predicted octanol–water partition coefficient (Wildman–Crippen LogP) is 6.86. The first-order chi connectivity index (χ1) is 25.4. The van der Waals surface area contributed by atoms with Gasteiger partial charge in [-0.1, -0.05) is 42.8 Å². The number of ether oxygens (including phenoxy) is 4. The molecule has 0 unspecified atom stereocenters. The second-order valence-electron chi connectivity index (χ2n) is 12.3. The smallest absolute Gasteiger partial charge is 0.297 e. The highest BCUT2D eigenvalue weighted by molar-refractivity contribution is 7.90. The number of hydrogen-bond acceptors (Lipinski definition) is 11. The van der Waals surface area contributed by atoms with Gasteiger partial charge in [0.25, 0.3) is 10.1 Å². The van der Waals surface area contributed by atoms with Gasteiger partial charge < -0.3 is 24.1 Å². The molecule has 0 radical (unpaired) electrons. The average Bonchev–Trinajstić information content (AvgIpc) is 3.14. The lowest BCUT2D eigenvalue weighted by atomic mass is 9.99. The van der Waals surface area contributed by atoms with Crippen LogP contribution >= 0.6 is 0 Å². The lowest BCUT2D eigenvalue weighted by Crippen LogP contribution is -2.31. The van der Waals surface area contributed by atoms with E-state index >= 15 is 0 Å². The van der Waals surface area contributed by atoms with Crippen molar-refractivity contribution in [3.63, 3.8) is 0 Å².